The summed E-state index contributed by atoms with van der Waals surface area (Å²) in [6.45, 7) is 0.777. The number of fused-ring (bicyclic) bond motifs is 1. The average molecular weight is 325 g/mol. The molecule has 3 nitrogen and oxygen atoms in total. The van der Waals surface area contributed by atoms with Crippen LogP contribution in [-0.2, 0) is 0 Å². The second-order valence-electron chi connectivity index (χ2n) is 4.21. The van der Waals surface area contributed by atoms with E-state index in [1.54, 1.807) is 11.3 Å². The van der Waals surface area contributed by atoms with Crippen molar-refractivity contribution in [3.8, 4) is 5.75 Å². The number of nitrogens with one attached hydrogen (secondary N) is 1. The summed E-state index contributed by atoms with van der Waals surface area (Å²) in [6, 6.07) is 6.50. The van der Waals surface area contributed by atoms with E-state index in [2.05, 4.69) is 38.4 Å². The van der Waals surface area contributed by atoms with Crippen LogP contribution in [0.25, 0.3) is 0 Å². The molecule has 3 rings (SSSR count). The van der Waals surface area contributed by atoms with Gasteiger partial charge in [-0.05, 0) is 25.0 Å². The molecule has 0 amide bonds. The number of anilines is 1. The summed E-state index contributed by atoms with van der Waals surface area (Å²) in [6.07, 6.45) is 3.94. The summed E-state index contributed by atoms with van der Waals surface area (Å²) in [5, 5.41) is 6.44. The first-order chi connectivity index (χ1) is 8.83. The smallest absolute Gasteiger partial charge is 0.183 e. The van der Waals surface area contributed by atoms with Crippen LogP contribution in [0.4, 0.5) is 5.13 Å². The first-order valence-electron chi connectivity index (χ1n) is 5.91. The number of aromatic nitrogens is 1. The normalized spacial score (nSPS) is 18.6. The van der Waals surface area contributed by atoms with E-state index in [4.69, 9.17) is 4.74 Å². The van der Waals surface area contributed by atoms with Crippen molar-refractivity contribution in [2.75, 3.05) is 11.9 Å². The van der Waals surface area contributed by atoms with Crippen LogP contribution in [-0.4, -0.2) is 11.6 Å². The molecule has 1 aliphatic heterocycles. The van der Waals surface area contributed by atoms with Gasteiger partial charge in [0.15, 0.2) is 5.13 Å². The van der Waals surface area contributed by atoms with Crippen LogP contribution in [0.5, 0.6) is 5.75 Å². The van der Waals surface area contributed by atoms with E-state index in [0.29, 0.717) is 0 Å². The minimum absolute atomic E-state index is 0.279. The van der Waals surface area contributed by atoms with Crippen LogP contribution in [0.15, 0.2) is 34.2 Å². The van der Waals surface area contributed by atoms with Crippen molar-refractivity contribution < 1.29 is 4.74 Å². The van der Waals surface area contributed by atoms with Crippen LogP contribution in [0.2, 0.25) is 0 Å². The van der Waals surface area contributed by atoms with Crippen molar-refractivity contribution in [2.24, 2.45) is 0 Å². The summed E-state index contributed by atoms with van der Waals surface area (Å²) >= 11 is 5.11. The van der Waals surface area contributed by atoms with E-state index in [9.17, 15) is 0 Å². The number of thiazole rings is 1. The largest absolute Gasteiger partial charge is 0.493 e. The molecule has 94 valence electrons. The zero-order valence-electron chi connectivity index (χ0n) is 9.73. The molecule has 0 fully saturated rings. The predicted octanol–water partition coefficient (Wildman–Crippen LogP) is 4.23. The highest BCUT2D eigenvalue weighted by Crippen LogP contribution is 2.35. The second kappa shape index (κ2) is 5.28. The van der Waals surface area contributed by atoms with E-state index >= 15 is 0 Å². The lowest BCUT2D eigenvalue weighted by Crippen LogP contribution is -2.09. The Bertz CT molecular complexity index is 530. The molecule has 0 aliphatic carbocycles. The third-order valence-electron chi connectivity index (χ3n) is 2.98. The lowest BCUT2D eigenvalue weighted by Gasteiger charge is -2.17. The molecule has 1 aromatic heterocycles. The standard InChI is InChI=1S/C13H13BrN2OS/c14-9-3-4-10-11(16-13-15-5-7-18-13)2-1-6-17-12(10)8-9/h3-5,7-8,11H,1-2,6H2,(H,15,16). The van der Waals surface area contributed by atoms with Gasteiger partial charge in [-0.3, -0.25) is 0 Å². The molecule has 5 heteroatoms. The van der Waals surface area contributed by atoms with Crippen LogP contribution >= 0.6 is 27.3 Å². The van der Waals surface area contributed by atoms with Gasteiger partial charge in [-0.1, -0.05) is 22.0 Å². The minimum Gasteiger partial charge on any atom is -0.493 e. The van der Waals surface area contributed by atoms with Gasteiger partial charge in [-0.2, -0.15) is 0 Å². The lowest BCUT2D eigenvalue weighted by molar-refractivity contribution is 0.316. The van der Waals surface area contributed by atoms with Crippen molar-refractivity contribution in [3.63, 3.8) is 0 Å². The molecule has 2 heterocycles. The maximum absolute atomic E-state index is 5.79. The Labute approximate surface area is 118 Å². The maximum Gasteiger partial charge on any atom is 0.183 e. The Morgan fingerprint density at radius 2 is 2.39 bits per heavy atom. The van der Waals surface area contributed by atoms with E-state index < -0.39 is 0 Å². The van der Waals surface area contributed by atoms with Gasteiger partial charge in [-0.25, -0.2) is 4.98 Å². The molecule has 1 unspecified atom stereocenters. The minimum atomic E-state index is 0.279. The van der Waals surface area contributed by atoms with Crippen LogP contribution in [0.1, 0.15) is 24.4 Å². The molecule has 1 aromatic carbocycles. The molecule has 0 bridgehead atoms. The number of nitrogens with zero attached hydrogens (tertiary/aromatic N) is 1. The molecule has 1 aliphatic rings. The van der Waals surface area contributed by atoms with E-state index in [1.165, 1.54) is 5.56 Å². The highest BCUT2D eigenvalue weighted by molar-refractivity contribution is 9.10. The van der Waals surface area contributed by atoms with Crippen molar-refractivity contribution in [3.05, 3.63) is 39.8 Å². The van der Waals surface area contributed by atoms with Gasteiger partial charge in [0.1, 0.15) is 5.75 Å². The van der Waals surface area contributed by atoms with Gasteiger partial charge < -0.3 is 10.1 Å². The third-order valence-corrected chi connectivity index (χ3v) is 4.17. The van der Waals surface area contributed by atoms with Crippen LogP contribution in [0.3, 0.4) is 0 Å². The van der Waals surface area contributed by atoms with Crippen molar-refractivity contribution >= 4 is 32.4 Å². The van der Waals surface area contributed by atoms with Gasteiger partial charge in [0, 0.05) is 21.6 Å². The van der Waals surface area contributed by atoms with Gasteiger partial charge >= 0.3 is 0 Å². The molecular formula is C13H13BrN2OS. The van der Waals surface area contributed by atoms with E-state index in [1.807, 2.05) is 17.6 Å². The van der Waals surface area contributed by atoms with Crippen molar-refractivity contribution in [1.29, 1.82) is 0 Å². The number of halogens is 1. The summed E-state index contributed by atoms with van der Waals surface area (Å²) in [4.78, 5) is 4.29. The fraction of sp³-hybridized carbons (Fsp3) is 0.308. The molecule has 0 spiro atoms. The molecule has 0 saturated carbocycles. The molecular weight excluding hydrogens is 312 g/mol. The second-order valence-corrected chi connectivity index (χ2v) is 6.02. The van der Waals surface area contributed by atoms with Crippen LogP contribution in [0, 0.1) is 0 Å². The molecule has 1 N–H and O–H groups in total. The topological polar surface area (TPSA) is 34.1 Å². The number of ether oxygens (including phenoxy) is 1. The van der Waals surface area contributed by atoms with Crippen LogP contribution < -0.4 is 10.1 Å². The Hall–Kier alpha value is -1.07. The van der Waals surface area contributed by atoms with Crippen molar-refractivity contribution in [2.45, 2.75) is 18.9 Å². The number of benzene rings is 1. The first-order valence-corrected chi connectivity index (χ1v) is 7.58. The Balaban J connectivity index is 1.91. The molecule has 18 heavy (non-hydrogen) atoms. The van der Waals surface area contributed by atoms with Gasteiger partial charge in [-0.15, -0.1) is 11.3 Å². The Morgan fingerprint density at radius 3 is 3.22 bits per heavy atom. The SMILES string of the molecule is Brc1ccc2c(c1)OCCCC2Nc1nccs1. The Kier molecular flexibility index (Phi) is 3.52. The molecule has 0 radical (unpaired) electrons. The predicted molar refractivity (Wildman–Crippen MR) is 77.3 cm³/mol. The molecule has 0 saturated heterocycles. The summed E-state index contributed by atoms with van der Waals surface area (Å²) in [5.41, 5.74) is 1.21. The highest BCUT2D eigenvalue weighted by Gasteiger charge is 2.20. The zero-order chi connectivity index (χ0) is 12.4. The fourth-order valence-electron chi connectivity index (χ4n) is 2.14. The summed E-state index contributed by atoms with van der Waals surface area (Å²) in [5.74, 6) is 0.968. The van der Waals surface area contributed by atoms with E-state index in [-0.39, 0.29) is 6.04 Å². The van der Waals surface area contributed by atoms with Gasteiger partial charge in [0.25, 0.3) is 0 Å². The number of hydrogen-bond acceptors (Lipinski definition) is 4. The maximum atomic E-state index is 5.79. The summed E-state index contributed by atoms with van der Waals surface area (Å²) < 4.78 is 6.84. The zero-order valence-corrected chi connectivity index (χ0v) is 12.1. The average Bonchev–Trinajstić information content (AvgIpc) is 2.79. The highest BCUT2D eigenvalue weighted by atomic mass is 79.9. The summed E-state index contributed by atoms with van der Waals surface area (Å²) in [7, 11) is 0. The van der Waals surface area contributed by atoms with Gasteiger partial charge in [0.05, 0.1) is 12.6 Å². The Morgan fingerprint density at radius 1 is 1.44 bits per heavy atom. The quantitative estimate of drug-likeness (QED) is 0.897. The number of rotatable bonds is 2. The molecule has 2 aromatic rings. The van der Waals surface area contributed by atoms with Gasteiger partial charge in [0.2, 0.25) is 0 Å². The molecule has 1 atom stereocenters. The van der Waals surface area contributed by atoms with Crippen molar-refractivity contribution in [1.82, 2.24) is 4.98 Å². The lowest BCUT2D eigenvalue weighted by atomic mass is 10.0. The monoisotopic (exact) mass is 324 g/mol. The van der Waals surface area contributed by atoms with E-state index in [0.717, 1.165) is 34.8 Å². The number of hydrogen-bond donors (Lipinski definition) is 1. The third kappa shape index (κ3) is 2.52. The first kappa shape index (κ1) is 12.0. The fourth-order valence-corrected chi connectivity index (χ4v) is 3.06.